The summed E-state index contributed by atoms with van der Waals surface area (Å²) in [6.45, 7) is 6.05. The van der Waals surface area contributed by atoms with Gasteiger partial charge in [0.05, 0.1) is 6.26 Å². The highest BCUT2D eigenvalue weighted by Gasteiger charge is 2.26. The van der Waals surface area contributed by atoms with Crippen molar-refractivity contribution >= 4 is 11.8 Å². The Labute approximate surface area is 147 Å². The maximum Gasteiger partial charge on any atom is 0.289 e. The Morgan fingerprint density at radius 2 is 1.76 bits per heavy atom. The first-order chi connectivity index (χ1) is 12.0. The van der Waals surface area contributed by atoms with Crippen molar-refractivity contribution in [2.24, 2.45) is 0 Å². The van der Waals surface area contributed by atoms with Gasteiger partial charge < -0.3 is 19.0 Å². The van der Waals surface area contributed by atoms with Crippen molar-refractivity contribution in [1.29, 1.82) is 0 Å². The molecule has 2 aromatic rings. The molecule has 2 heterocycles. The average molecular weight is 342 g/mol. The molecule has 0 radical (unpaired) electrons. The highest BCUT2D eigenvalue weighted by Crippen LogP contribution is 2.16. The van der Waals surface area contributed by atoms with E-state index in [1.165, 1.54) is 11.8 Å². The van der Waals surface area contributed by atoms with Crippen LogP contribution in [0.25, 0.3) is 0 Å². The molecule has 25 heavy (non-hydrogen) atoms. The van der Waals surface area contributed by atoms with Gasteiger partial charge in [0, 0.05) is 26.2 Å². The zero-order valence-corrected chi connectivity index (χ0v) is 14.5. The van der Waals surface area contributed by atoms with Gasteiger partial charge in [0.15, 0.2) is 12.4 Å². The molecule has 0 saturated carbocycles. The molecule has 6 nitrogen and oxygen atoms in total. The minimum atomic E-state index is -0.136. The smallest absolute Gasteiger partial charge is 0.289 e. The molecule has 0 unspecified atom stereocenters. The van der Waals surface area contributed by atoms with Crippen LogP contribution in [0.3, 0.4) is 0 Å². The summed E-state index contributed by atoms with van der Waals surface area (Å²) in [5.41, 5.74) is 2.33. The first-order valence-electron chi connectivity index (χ1n) is 8.35. The molecule has 0 N–H and O–H groups in total. The Morgan fingerprint density at radius 3 is 2.40 bits per heavy atom. The van der Waals surface area contributed by atoms with E-state index >= 15 is 0 Å². The molecule has 1 aliphatic heterocycles. The second-order valence-electron chi connectivity index (χ2n) is 6.19. The van der Waals surface area contributed by atoms with Crippen molar-refractivity contribution in [3.63, 3.8) is 0 Å². The van der Waals surface area contributed by atoms with Gasteiger partial charge in [-0.25, -0.2) is 0 Å². The molecule has 132 valence electrons. The third-order valence-corrected chi connectivity index (χ3v) is 4.49. The van der Waals surface area contributed by atoms with Crippen LogP contribution in [0.5, 0.6) is 5.75 Å². The van der Waals surface area contributed by atoms with Crippen LogP contribution in [0, 0.1) is 13.8 Å². The summed E-state index contributed by atoms with van der Waals surface area (Å²) in [4.78, 5) is 27.9. The average Bonchev–Trinajstić information content (AvgIpc) is 3.16. The summed E-state index contributed by atoms with van der Waals surface area (Å²) >= 11 is 0. The quantitative estimate of drug-likeness (QED) is 0.855. The Balaban J connectivity index is 1.48. The van der Waals surface area contributed by atoms with Crippen LogP contribution in [-0.4, -0.2) is 54.4 Å². The van der Waals surface area contributed by atoms with Gasteiger partial charge in [-0.1, -0.05) is 6.07 Å². The number of piperazine rings is 1. The number of nitrogens with zero attached hydrogens (tertiary/aromatic N) is 2. The van der Waals surface area contributed by atoms with Crippen LogP contribution in [0.4, 0.5) is 0 Å². The molecule has 3 rings (SSSR count). The van der Waals surface area contributed by atoms with Gasteiger partial charge >= 0.3 is 0 Å². The summed E-state index contributed by atoms with van der Waals surface area (Å²) in [6.07, 6.45) is 1.48. The van der Waals surface area contributed by atoms with Crippen LogP contribution < -0.4 is 4.74 Å². The van der Waals surface area contributed by atoms with Gasteiger partial charge in [0.25, 0.3) is 11.8 Å². The molecule has 1 saturated heterocycles. The summed E-state index contributed by atoms with van der Waals surface area (Å²) in [6, 6.07) is 9.13. The summed E-state index contributed by atoms with van der Waals surface area (Å²) < 4.78 is 10.7. The van der Waals surface area contributed by atoms with E-state index in [1.807, 2.05) is 32.0 Å². The molecular weight excluding hydrogens is 320 g/mol. The van der Waals surface area contributed by atoms with E-state index in [0.29, 0.717) is 37.7 Å². The van der Waals surface area contributed by atoms with Crippen molar-refractivity contribution in [1.82, 2.24) is 9.80 Å². The second-order valence-corrected chi connectivity index (χ2v) is 6.19. The summed E-state index contributed by atoms with van der Waals surface area (Å²) in [7, 11) is 0. The predicted molar refractivity (Wildman–Crippen MR) is 92.6 cm³/mol. The fraction of sp³-hybridized carbons (Fsp3) is 0.368. The number of hydrogen-bond donors (Lipinski definition) is 0. The van der Waals surface area contributed by atoms with Gasteiger partial charge in [0.1, 0.15) is 5.75 Å². The lowest BCUT2D eigenvalue weighted by Gasteiger charge is -2.34. The van der Waals surface area contributed by atoms with Gasteiger partial charge in [-0.15, -0.1) is 0 Å². The lowest BCUT2D eigenvalue weighted by molar-refractivity contribution is -0.134. The van der Waals surface area contributed by atoms with Gasteiger partial charge in [-0.2, -0.15) is 0 Å². The highest BCUT2D eigenvalue weighted by molar-refractivity contribution is 5.91. The fourth-order valence-electron chi connectivity index (χ4n) is 2.76. The first kappa shape index (κ1) is 17.1. The Kier molecular flexibility index (Phi) is 5.07. The predicted octanol–water partition coefficient (Wildman–Crippen LogP) is 2.26. The second kappa shape index (κ2) is 7.42. The molecule has 0 atom stereocenters. The fourth-order valence-corrected chi connectivity index (χ4v) is 2.76. The lowest BCUT2D eigenvalue weighted by atomic mass is 10.1. The van der Waals surface area contributed by atoms with E-state index in [-0.39, 0.29) is 18.4 Å². The van der Waals surface area contributed by atoms with Crippen LogP contribution in [0.1, 0.15) is 21.7 Å². The molecule has 1 aliphatic rings. The molecular formula is C19H22N2O4. The van der Waals surface area contributed by atoms with Crippen LogP contribution in [0.15, 0.2) is 41.0 Å². The van der Waals surface area contributed by atoms with Gasteiger partial charge in [-0.3, -0.25) is 9.59 Å². The SMILES string of the molecule is Cc1ccc(OCC(=O)N2CCN(C(=O)c3ccco3)CC2)cc1C. The van der Waals surface area contributed by atoms with E-state index in [0.717, 1.165) is 5.56 Å². The number of aryl methyl sites for hydroxylation is 2. The zero-order valence-electron chi connectivity index (χ0n) is 14.5. The van der Waals surface area contributed by atoms with Gasteiger partial charge in [0.2, 0.25) is 0 Å². The number of carbonyl (C=O) groups is 2. The third kappa shape index (κ3) is 4.02. The Bertz CT molecular complexity index is 747. The molecule has 0 spiro atoms. The number of carbonyl (C=O) groups excluding carboxylic acids is 2. The lowest BCUT2D eigenvalue weighted by Crippen LogP contribution is -2.51. The Morgan fingerprint density at radius 1 is 1.04 bits per heavy atom. The van der Waals surface area contributed by atoms with E-state index < -0.39 is 0 Å². The van der Waals surface area contributed by atoms with Crippen molar-refractivity contribution in [2.45, 2.75) is 13.8 Å². The van der Waals surface area contributed by atoms with Crippen LogP contribution >= 0.6 is 0 Å². The zero-order chi connectivity index (χ0) is 17.8. The van der Waals surface area contributed by atoms with E-state index in [2.05, 4.69) is 0 Å². The van der Waals surface area contributed by atoms with Crippen molar-refractivity contribution in [3.8, 4) is 5.75 Å². The largest absolute Gasteiger partial charge is 0.484 e. The summed E-state index contributed by atoms with van der Waals surface area (Å²) in [5.74, 6) is 0.827. The number of ether oxygens (including phenoxy) is 1. The molecule has 6 heteroatoms. The number of benzene rings is 1. The van der Waals surface area contributed by atoms with E-state index in [9.17, 15) is 9.59 Å². The van der Waals surface area contributed by atoms with E-state index in [4.69, 9.17) is 9.15 Å². The third-order valence-electron chi connectivity index (χ3n) is 4.49. The van der Waals surface area contributed by atoms with Crippen molar-refractivity contribution < 1.29 is 18.7 Å². The van der Waals surface area contributed by atoms with E-state index in [1.54, 1.807) is 21.9 Å². The summed E-state index contributed by atoms with van der Waals surface area (Å²) in [5, 5.41) is 0. The molecule has 1 fully saturated rings. The number of hydrogen-bond acceptors (Lipinski definition) is 4. The topological polar surface area (TPSA) is 63.0 Å². The normalized spacial score (nSPS) is 14.5. The maximum atomic E-state index is 12.3. The molecule has 0 bridgehead atoms. The standard InChI is InChI=1S/C19H22N2O4/c1-14-5-6-16(12-15(14)2)25-13-18(22)20-7-9-21(10-8-20)19(23)17-4-3-11-24-17/h3-6,11-12H,7-10,13H2,1-2H3. The minimum Gasteiger partial charge on any atom is -0.484 e. The Hall–Kier alpha value is -2.76. The van der Waals surface area contributed by atoms with Crippen LogP contribution in [-0.2, 0) is 4.79 Å². The molecule has 0 aliphatic carbocycles. The van der Waals surface area contributed by atoms with Gasteiger partial charge in [-0.05, 0) is 49.2 Å². The number of rotatable bonds is 4. The maximum absolute atomic E-state index is 12.3. The highest BCUT2D eigenvalue weighted by atomic mass is 16.5. The number of amides is 2. The van der Waals surface area contributed by atoms with Crippen molar-refractivity contribution in [3.05, 3.63) is 53.5 Å². The molecule has 1 aromatic carbocycles. The number of furan rings is 1. The molecule has 1 aromatic heterocycles. The first-order valence-corrected chi connectivity index (χ1v) is 8.35. The monoisotopic (exact) mass is 342 g/mol. The van der Waals surface area contributed by atoms with Crippen molar-refractivity contribution in [2.75, 3.05) is 32.8 Å². The van der Waals surface area contributed by atoms with Crippen LogP contribution in [0.2, 0.25) is 0 Å². The minimum absolute atomic E-state index is 0.00856. The molecule has 2 amide bonds.